The van der Waals surface area contributed by atoms with Gasteiger partial charge in [0.05, 0.1) is 12.6 Å². The Morgan fingerprint density at radius 3 is 2.50 bits per heavy atom. The van der Waals surface area contributed by atoms with Crippen LogP contribution >= 0.6 is 0 Å². The zero-order chi connectivity index (χ0) is 11.8. The summed E-state index contributed by atoms with van der Waals surface area (Å²) in [5.41, 5.74) is 0. The number of nitrogens with one attached hydrogen (secondary N) is 1. The molecule has 2 aliphatic rings. The van der Waals surface area contributed by atoms with E-state index in [0.717, 1.165) is 12.8 Å². The minimum atomic E-state index is -2.72. The van der Waals surface area contributed by atoms with Crippen molar-refractivity contribution in [3.63, 3.8) is 0 Å². The molecule has 2 heterocycles. The molecular formula is C11H18F2N2O. The van der Waals surface area contributed by atoms with E-state index in [2.05, 4.69) is 12.2 Å². The summed E-state index contributed by atoms with van der Waals surface area (Å²) in [6.45, 7) is 3.21. The lowest BCUT2D eigenvalue weighted by Crippen LogP contribution is -2.46. The van der Waals surface area contributed by atoms with Gasteiger partial charge in [-0.1, -0.05) is 6.92 Å². The first-order valence-corrected chi connectivity index (χ1v) is 5.88. The molecule has 0 radical (unpaired) electrons. The number of likely N-dealkylation sites (tertiary alicyclic amines) is 1. The SMILES string of the molecule is CC1CCN(C(=O)C2CC(F)(F)CN2)CC1. The standard InChI is InChI=1S/C11H18F2N2O/c1-8-2-4-15(5-3-8)10(16)9-6-11(12,13)7-14-9/h8-9,14H,2-7H2,1H3. The second kappa shape index (κ2) is 4.28. The van der Waals surface area contributed by atoms with Gasteiger partial charge in [0.2, 0.25) is 5.91 Å². The summed E-state index contributed by atoms with van der Waals surface area (Å²) < 4.78 is 25.9. The van der Waals surface area contributed by atoms with Gasteiger partial charge in [0, 0.05) is 19.5 Å². The predicted molar refractivity (Wildman–Crippen MR) is 56.3 cm³/mol. The molecule has 0 saturated carbocycles. The quantitative estimate of drug-likeness (QED) is 0.737. The second-order valence-corrected chi connectivity index (χ2v) is 5.00. The van der Waals surface area contributed by atoms with Gasteiger partial charge >= 0.3 is 0 Å². The van der Waals surface area contributed by atoms with Gasteiger partial charge in [0.1, 0.15) is 0 Å². The topological polar surface area (TPSA) is 32.3 Å². The van der Waals surface area contributed by atoms with E-state index in [9.17, 15) is 13.6 Å². The fourth-order valence-corrected chi connectivity index (χ4v) is 2.34. The minimum absolute atomic E-state index is 0.149. The summed E-state index contributed by atoms with van der Waals surface area (Å²) in [6, 6.07) is -0.677. The maximum atomic E-state index is 13.0. The summed E-state index contributed by atoms with van der Waals surface area (Å²) in [7, 11) is 0. The van der Waals surface area contributed by atoms with E-state index < -0.39 is 12.0 Å². The molecule has 2 aliphatic heterocycles. The summed E-state index contributed by atoms with van der Waals surface area (Å²) >= 11 is 0. The van der Waals surface area contributed by atoms with Crippen LogP contribution in [-0.2, 0) is 4.79 Å². The fourth-order valence-electron chi connectivity index (χ4n) is 2.34. The van der Waals surface area contributed by atoms with Crippen molar-refractivity contribution in [3.8, 4) is 0 Å². The molecule has 0 spiro atoms. The van der Waals surface area contributed by atoms with Gasteiger partial charge in [-0.2, -0.15) is 0 Å². The molecule has 0 aromatic heterocycles. The number of nitrogens with zero attached hydrogens (tertiary/aromatic N) is 1. The third-order valence-corrected chi connectivity index (χ3v) is 3.50. The van der Waals surface area contributed by atoms with Crippen LogP contribution in [0.25, 0.3) is 0 Å². The number of rotatable bonds is 1. The highest BCUT2D eigenvalue weighted by molar-refractivity contribution is 5.82. The Labute approximate surface area is 94.2 Å². The molecule has 2 fully saturated rings. The number of carbonyl (C=O) groups is 1. The van der Waals surface area contributed by atoms with Crippen LogP contribution < -0.4 is 5.32 Å². The van der Waals surface area contributed by atoms with Crippen molar-refractivity contribution < 1.29 is 13.6 Å². The Kier molecular flexibility index (Phi) is 3.15. The van der Waals surface area contributed by atoms with E-state index >= 15 is 0 Å². The smallest absolute Gasteiger partial charge is 0.262 e. The molecular weight excluding hydrogens is 214 g/mol. The number of carbonyl (C=O) groups excluding carboxylic acids is 1. The van der Waals surface area contributed by atoms with Gasteiger partial charge in [-0.25, -0.2) is 8.78 Å². The molecule has 1 atom stereocenters. The maximum Gasteiger partial charge on any atom is 0.262 e. The minimum Gasteiger partial charge on any atom is -0.341 e. The molecule has 2 rings (SSSR count). The van der Waals surface area contributed by atoms with Crippen LogP contribution in [0.3, 0.4) is 0 Å². The number of hydrogen-bond acceptors (Lipinski definition) is 2. The van der Waals surface area contributed by atoms with Gasteiger partial charge < -0.3 is 4.90 Å². The first-order chi connectivity index (χ1) is 7.48. The highest BCUT2D eigenvalue weighted by Gasteiger charge is 2.43. The highest BCUT2D eigenvalue weighted by Crippen LogP contribution is 2.27. The van der Waals surface area contributed by atoms with Crippen LogP contribution in [-0.4, -0.2) is 42.4 Å². The summed E-state index contributed by atoms with van der Waals surface area (Å²) in [5, 5.41) is 2.61. The van der Waals surface area contributed by atoms with E-state index in [1.54, 1.807) is 4.90 Å². The Morgan fingerprint density at radius 2 is 2.00 bits per heavy atom. The molecule has 1 unspecified atom stereocenters. The van der Waals surface area contributed by atoms with Crippen molar-refractivity contribution in [2.24, 2.45) is 5.92 Å². The fraction of sp³-hybridized carbons (Fsp3) is 0.909. The molecule has 0 bridgehead atoms. The van der Waals surface area contributed by atoms with E-state index in [1.807, 2.05) is 0 Å². The number of amides is 1. The molecule has 0 aromatic carbocycles. The number of alkyl halides is 2. The summed E-state index contributed by atoms with van der Waals surface area (Å²) in [4.78, 5) is 13.6. The summed E-state index contributed by atoms with van der Waals surface area (Å²) in [6.07, 6.45) is 1.61. The van der Waals surface area contributed by atoms with Gasteiger partial charge in [-0.3, -0.25) is 10.1 Å². The zero-order valence-corrected chi connectivity index (χ0v) is 9.51. The predicted octanol–water partition coefficient (Wildman–Crippen LogP) is 1.24. The first-order valence-electron chi connectivity index (χ1n) is 5.88. The second-order valence-electron chi connectivity index (χ2n) is 5.00. The van der Waals surface area contributed by atoms with E-state index in [0.29, 0.717) is 19.0 Å². The van der Waals surface area contributed by atoms with E-state index in [4.69, 9.17) is 0 Å². The monoisotopic (exact) mass is 232 g/mol. The molecule has 16 heavy (non-hydrogen) atoms. The molecule has 1 amide bonds. The molecule has 0 aromatic rings. The molecule has 5 heteroatoms. The number of hydrogen-bond donors (Lipinski definition) is 1. The lowest BCUT2D eigenvalue weighted by Gasteiger charge is -2.32. The zero-order valence-electron chi connectivity index (χ0n) is 9.51. The normalized spacial score (nSPS) is 30.7. The average molecular weight is 232 g/mol. The van der Waals surface area contributed by atoms with Gasteiger partial charge in [0.15, 0.2) is 0 Å². The maximum absolute atomic E-state index is 13.0. The lowest BCUT2D eigenvalue weighted by atomic mass is 9.98. The Bertz CT molecular complexity index is 275. The molecule has 92 valence electrons. The average Bonchev–Trinajstić information content (AvgIpc) is 2.59. The molecule has 2 saturated heterocycles. The van der Waals surface area contributed by atoms with Crippen molar-refractivity contribution in [2.75, 3.05) is 19.6 Å². The third-order valence-electron chi connectivity index (χ3n) is 3.50. The molecule has 1 N–H and O–H groups in total. The van der Waals surface area contributed by atoms with Crippen molar-refractivity contribution in [3.05, 3.63) is 0 Å². The van der Waals surface area contributed by atoms with Gasteiger partial charge in [-0.05, 0) is 18.8 Å². The van der Waals surface area contributed by atoms with Crippen molar-refractivity contribution >= 4 is 5.91 Å². The largest absolute Gasteiger partial charge is 0.341 e. The van der Waals surface area contributed by atoms with Gasteiger partial charge in [0.25, 0.3) is 5.92 Å². The van der Waals surface area contributed by atoms with Crippen molar-refractivity contribution in [1.29, 1.82) is 0 Å². The number of piperidine rings is 1. The van der Waals surface area contributed by atoms with E-state index in [-0.39, 0.29) is 18.9 Å². The molecule has 0 aliphatic carbocycles. The Balaban J connectivity index is 1.89. The van der Waals surface area contributed by atoms with Crippen molar-refractivity contribution in [2.45, 2.75) is 38.2 Å². The van der Waals surface area contributed by atoms with Crippen LogP contribution in [0.2, 0.25) is 0 Å². The van der Waals surface area contributed by atoms with Crippen LogP contribution in [0.1, 0.15) is 26.2 Å². The van der Waals surface area contributed by atoms with Crippen molar-refractivity contribution in [1.82, 2.24) is 10.2 Å². The Morgan fingerprint density at radius 1 is 1.38 bits per heavy atom. The summed E-state index contributed by atoms with van der Waals surface area (Å²) in [5.74, 6) is -2.23. The first kappa shape index (κ1) is 11.8. The van der Waals surface area contributed by atoms with Crippen LogP contribution in [0, 0.1) is 5.92 Å². The van der Waals surface area contributed by atoms with Gasteiger partial charge in [-0.15, -0.1) is 0 Å². The highest BCUT2D eigenvalue weighted by atomic mass is 19.3. The number of halogens is 2. The van der Waals surface area contributed by atoms with Crippen LogP contribution in [0.15, 0.2) is 0 Å². The third kappa shape index (κ3) is 2.51. The van der Waals surface area contributed by atoms with Crippen LogP contribution in [0.5, 0.6) is 0 Å². The Hall–Kier alpha value is -0.710. The molecule has 3 nitrogen and oxygen atoms in total. The van der Waals surface area contributed by atoms with E-state index in [1.165, 1.54) is 0 Å². The van der Waals surface area contributed by atoms with Crippen LogP contribution in [0.4, 0.5) is 8.78 Å². The lowest BCUT2D eigenvalue weighted by molar-refractivity contribution is -0.135.